The molecule has 1 N–H and O–H groups in total. The van der Waals surface area contributed by atoms with E-state index in [-0.39, 0.29) is 25.0 Å². The zero-order valence-corrected chi connectivity index (χ0v) is 19.9. The molecule has 33 heavy (non-hydrogen) atoms. The van der Waals surface area contributed by atoms with E-state index in [1.54, 1.807) is 24.1 Å². The molecule has 0 aliphatic carbocycles. The molecular weight excluding hydrogens is 436 g/mol. The number of hydrogen-bond acceptors (Lipinski definition) is 3. The Bertz CT molecular complexity index is 1100. The number of nitrogens with one attached hydrogen (secondary N) is 1. The van der Waals surface area contributed by atoms with Gasteiger partial charge in [-0.15, -0.1) is 0 Å². The summed E-state index contributed by atoms with van der Waals surface area (Å²) in [5.74, 6) is 0.145. The molecule has 0 bridgehead atoms. The highest BCUT2D eigenvalue weighted by atomic mass is 35.5. The van der Waals surface area contributed by atoms with Crippen molar-refractivity contribution in [1.29, 1.82) is 0 Å². The van der Waals surface area contributed by atoms with Crippen LogP contribution in [0, 0.1) is 13.8 Å². The summed E-state index contributed by atoms with van der Waals surface area (Å²) in [6, 6.07) is 22.1. The van der Waals surface area contributed by atoms with Gasteiger partial charge in [0.2, 0.25) is 5.91 Å². The molecule has 5 nitrogen and oxygen atoms in total. The van der Waals surface area contributed by atoms with Gasteiger partial charge < -0.3 is 15.0 Å². The Labute approximate surface area is 200 Å². The molecule has 1 atom stereocenters. The Balaban J connectivity index is 1.89. The van der Waals surface area contributed by atoms with Crippen molar-refractivity contribution >= 4 is 23.4 Å². The summed E-state index contributed by atoms with van der Waals surface area (Å²) in [6.45, 7) is 3.97. The molecule has 2 amide bonds. The quantitative estimate of drug-likeness (QED) is 0.498. The van der Waals surface area contributed by atoms with Crippen LogP contribution in [0.5, 0.6) is 5.75 Å². The second-order valence-corrected chi connectivity index (χ2v) is 8.47. The highest BCUT2D eigenvalue weighted by molar-refractivity contribution is 6.30. The second-order valence-electron chi connectivity index (χ2n) is 8.03. The number of ether oxygens (including phenoxy) is 1. The summed E-state index contributed by atoms with van der Waals surface area (Å²) in [6.07, 6.45) is 0.385. The fourth-order valence-electron chi connectivity index (χ4n) is 3.64. The van der Waals surface area contributed by atoms with Crippen molar-refractivity contribution in [2.75, 3.05) is 13.7 Å². The number of aryl methyl sites for hydroxylation is 2. The summed E-state index contributed by atoms with van der Waals surface area (Å²) in [7, 11) is 1.58. The van der Waals surface area contributed by atoms with Crippen molar-refractivity contribution in [1.82, 2.24) is 10.2 Å². The predicted octanol–water partition coefficient (Wildman–Crippen LogP) is 4.72. The van der Waals surface area contributed by atoms with Crippen LogP contribution in [0.4, 0.5) is 0 Å². The smallest absolute Gasteiger partial charge is 0.261 e. The fraction of sp³-hybridized carbons (Fsp3) is 0.259. The number of hydrogen-bond donors (Lipinski definition) is 1. The van der Waals surface area contributed by atoms with Crippen molar-refractivity contribution in [2.24, 2.45) is 0 Å². The average Bonchev–Trinajstić information content (AvgIpc) is 2.82. The molecule has 0 aromatic heterocycles. The van der Waals surface area contributed by atoms with Crippen LogP contribution < -0.4 is 10.1 Å². The monoisotopic (exact) mass is 464 g/mol. The lowest BCUT2D eigenvalue weighted by molar-refractivity contribution is -0.142. The maximum atomic E-state index is 13.4. The lowest BCUT2D eigenvalue weighted by Gasteiger charge is -2.31. The molecule has 0 fully saturated rings. The Hall–Kier alpha value is -3.31. The van der Waals surface area contributed by atoms with Crippen LogP contribution in [0.25, 0.3) is 0 Å². The van der Waals surface area contributed by atoms with E-state index in [0.29, 0.717) is 17.2 Å². The molecule has 0 heterocycles. The Morgan fingerprint density at radius 2 is 1.70 bits per heavy atom. The van der Waals surface area contributed by atoms with Gasteiger partial charge in [0.1, 0.15) is 11.8 Å². The second kappa shape index (κ2) is 11.5. The van der Waals surface area contributed by atoms with Gasteiger partial charge >= 0.3 is 0 Å². The van der Waals surface area contributed by atoms with Gasteiger partial charge in [0.15, 0.2) is 6.61 Å². The van der Waals surface area contributed by atoms with Gasteiger partial charge in [-0.3, -0.25) is 9.59 Å². The third-order valence-corrected chi connectivity index (χ3v) is 5.69. The third-order valence-electron chi connectivity index (χ3n) is 5.45. The Kier molecular flexibility index (Phi) is 8.50. The van der Waals surface area contributed by atoms with Crippen LogP contribution in [0.1, 0.15) is 22.3 Å². The molecular formula is C27H29ClN2O3. The summed E-state index contributed by atoms with van der Waals surface area (Å²) in [5.41, 5.74) is 3.79. The average molecular weight is 465 g/mol. The van der Waals surface area contributed by atoms with Crippen LogP contribution in [-0.2, 0) is 22.6 Å². The first-order chi connectivity index (χ1) is 15.9. The molecule has 3 aromatic rings. The molecule has 0 aliphatic heterocycles. The van der Waals surface area contributed by atoms with E-state index >= 15 is 0 Å². The summed E-state index contributed by atoms with van der Waals surface area (Å²) < 4.78 is 5.89. The first-order valence-corrected chi connectivity index (χ1v) is 11.2. The van der Waals surface area contributed by atoms with Crippen molar-refractivity contribution in [3.63, 3.8) is 0 Å². The van der Waals surface area contributed by atoms with Crippen molar-refractivity contribution in [3.05, 3.63) is 100 Å². The van der Waals surface area contributed by atoms with E-state index in [2.05, 4.69) is 5.32 Å². The Morgan fingerprint density at radius 1 is 0.970 bits per heavy atom. The minimum absolute atomic E-state index is 0.173. The van der Waals surface area contributed by atoms with E-state index < -0.39 is 6.04 Å². The van der Waals surface area contributed by atoms with Gasteiger partial charge in [-0.25, -0.2) is 0 Å². The van der Waals surface area contributed by atoms with Gasteiger partial charge in [-0.2, -0.15) is 0 Å². The minimum Gasteiger partial charge on any atom is -0.483 e. The van der Waals surface area contributed by atoms with Crippen molar-refractivity contribution in [2.45, 2.75) is 32.9 Å². The number of halogens is 1. The maximum absolute atomic E-state index is 13.4. The fourth-order valence-corrected chi connectivity index (χ4v) is 3.85. The van der Waals surface area contributed by atoms with Gasteiger partial charge in [0, 0.05) is 25.0 Å². The number of likely N-dealkylation sites (N-methyl/N-ethyl adjacent to an activating group) is 1. The first kappa shape index (κ1) is 24.3. The molecule has 0 radical (unpaired) electrons. The van der Waals surface area contributed by atoms with E-state index in [4.69, 9.17) is 16.3 Å². The van der Waals surface area contributed by atoms with E-state index in [9.17, 15) is 9.59 Å². The molecule has 0 unspecified atom stereocenters. The topological polar surface area (TPSA) is 58.6 Å². The SMILES string of the molecule is CNC(=O)[C@@H](Cc1ccccc1)N(Cc1cccc(Cl)c1)C(=O)COc1cc(C)ccc1C. The molecule has 3 rings (SSSR count). The van der Waals surface area contributed by atoms with Crippen LogP contribution in [0.15, 0.2) is 72.8 Å². The highest BCUT2D eigenvalue weighted by Crippen LogP contribution is 2.21. The van der Waals surface area contributed by atoms with Crippen LogP contribution in [0.3, 0.4) is 0 Å². The van der Waals surface area contributed by atoms with E-state index in [0.717, 1.165) is 22.3 Å². The van der Waals surface area contributed by atoms with Crippen molar-refractivity contribution < 1.29 is 14.3 Å². The lowest BCUT2D eigenvalue weighted by atomic mass is 10.0. The van der Waals surface area contributed by atoms with Crippen molar-refractivity contribution in [3.8, 4) is 5.75 Å². The predicted molar refractivity (Wildman–Crippen MR) is 131 cm³/mol. The molecule has 0 saturated carbocycles. The van der Waals surface area contributed by atoms with Crippen LogP contribution in [-0.4, -0.2) is 36.4 Å². The lowest BCUT2D eigenvalue weighted by Crippen LogP contribution is -2.51. The number of amides is 2. The molecule has 3 aromatic carbocycles. The van der Waals surface area contributed by atoms with Gasteiger partial charge in [-0.1, -0.05) is 66.2 Å². The number of carbonyl (C=O) groups is 2. The van der Waals surface area contributed by atoms with Gasteiger partial charge in [0.05, 0.1) is 0 Å². The third kappa shape index (κ3) is 6.83. The summed E-state index contributed by atoms with van der Waals surface area (Å²) in [5, 5.41) is 3.28. The highest BCUT2D eigenvalue weighted by Gasteiger charge is 2.30. The normalized spacial score (nSPS) is 11.5. The first-order valence-electron chi connectivity index (χ1n) is 10.9. The largest absolute Gasteiger partial charge is 0.483 e. The zero-order chi connectivity index (χ0) is 23.8. The number of carbonyl (C=O) groups excluding carboxylic acids is 2. The number of nitrogens with zero attached hydrogens (tertiary/aromatic N) is 1. The van der Waals surface area contributed by atoms with E-state index in [1.165, 1.54) is 0 Å². The standard InChI is InChI=1S/C27H29ClN2O3/c1-19-12-13-20(2)25(14-19)33-18-26(31)30(17-22-10-7-11-23(28)15-22)24(27(32)29-3)16-21-8-5-4-6-9-21/h4-15,24H,16-18H2,1-3H3,(H,29,32)/t24-/m1/s1. The molecule has 0 saturated heterocycles. The molecule has 172 valence electrons. The summed E-state index contributed by atoms with van der Waals surface area (Å²) >= 11 is 6.17. The van der Waals surface area contributed by atoms with E-state index in [1.807, 2.05) is 74.5 Å². The number of benzene rings is 3. The zero-order valence-electron chi connectivity index (χ0n) is 19.2. The summed E-state index contributed by atoms with van der Waals surface area (Å²) in [4.78, 5) is 27.9. The van der Waals surface area contributed by atoms with Crippen LogP contribution in [0.2, 0.25) is 5.02 Å². The van der Waals surface area contributed by atoms with Crippen LogP contribution >= 0.6 is 11.6 Å². The van der Waals surface area contributed by atoms with Gasteiger partial charge in [-0.05, 0) is 54.3 Å². The molecule has 6 heteroatoms. The maximum Gasteiger partial charge on any atom is 0.261 e. The number of rotatable bonds is 9. The van der Waals surface area contributed by atoms with Gasteiger partial charge in [0.25, 0.3) is 5.91 Å². The Morgan fingerprint density at radius 3 is 2.39 bits per heavy atom. The molecule has 0 aliphatic rings. The minimum atomic E-state index is -0.703. The molecule has 0 spiro atoms.